The van der Waals surface area contributed by atoms with E-state index in [1.54, 1.807) is 19.2 Å². The normalized spacial score (nSPS) is 11.7. The number of halogens is 1. The molecule has 0 aliphatic heterocycles. The lowest BCUT2D eigenvalue weighted by molar-refractivity contribution is -0.149. The van der Waals surface area contributed by atoms with E-state index < -0.39 is 11.9 Å². The predicted octanol–water partition coefficient (Wildman–Crippen LogP) is 4.45. The van der Waals surface area contributed by atoms with Gasteiger partial charge < -0.3 is 14.2 Å². The molecule has 5 nitrogen and oxygen atoms in total. The molecule has 0 bridgehead atoms. The number of methoxy groups -OCH3 is 2. The molecule has 0 spiro atoms. The summed E-state index contributed by atoms with van der Waals surface area (Å²) in [6, 6.07) is 5.34. The van der Waals surface area contributed by atoms with Gasteiger partial charge in [0, 0.05) is 6.07 Å². The van der Waals surface area contributed by atoms with Crippen LogP contribution in [0, 0.1) is 5.92 Å². The van der Waals surface area contributed by atoms with Gasteiger partial charge in [0.25, 0.3) is 0 Å². The maximum atomic E-state index is 11.5. The average Bonchev–Trinajstić information content (AvgIpc) is 2.60. The summed E-state index contributed by atoms with van der Waals surface area (Å²) < 4.78 is 15.4. The van der Waals surface area contributed by atoms with Crippen LogP contribution in [0.1, 0.15) is 45.4 Å². The molecule has 0 heterocycles. The first-order valence-corrected chi connectivity index (χ1v) is 8.92. The molecule has 0 aliphatic carbocycles. The highest BCUT2D eigenvalue weighted by Crippen LogP contribution is 2.28. The molecule has 0 saturated carbocycles. The highest BCUT2D eigenvalue weighted by Gasteiger charge is 2.23. The average molecular weight is 371 g/mol. The second-order valence-electron chi connectivity index (χ2n) is 5.89. The van der Waals surface area contributed by atoms with Crippen molar-refractivity contribution < 1.29 is 23.8 Å². The minimum absolute atomic E-state index is 0.128. The summed E-state index contributed by atoms with van der Waals surface area (Å²) >= 11 is 6.11. The van der Waals surface area contributed by atoms with E-state index in [0.717, 1.165) is 32.1 Å². The van der Waals surface area contributed by atoms with Crippen LogP contribution >= 0.6 is 11.6 Å². The number of carbonyl (C=O) groups excluding carboxylic acids is 2. The van der Waals surface area contributed by atoms with Gasteiger partial charge in [-0.2, -0.15) is 0 Å². The highest BCUT2D eigenvalue weighted by atomic mass is 35.5. The molecular weight excluding hydrogens is 344 g/mol. The van der Waals surface area contributed by atoms with E-state index >= 15 is 0 Å². The zero-order valence-corrected chi connectivity index (χ0v) is 15.9. The smallest absolute Gasteiger partial charge is 0.316 e. The van der Waals surface area contributed by atoms with Gasteiger partial charge in [0.1, 0.15) is 23.2 Å². The van der Waals surface area contributed by atoms with Crippen LogP contribution in [0.3, 0.4) is 0 Å². The van der Waals surface area contributed by atoms with E-state index in [0.29, 0.717) is 29.5 Å². The number of hydrogen-bond acceptors (Lipinski definition) is 5. The lowest BCUT2D eigenvalue weighted by Crippen LogP contribution is -2.23. The molecule has 0 aliphatic rings. The Labute approximate surface area is 154 Å². The quantitative estimate of drug-likeness (QED) is 0.309. The summed E-state index contributed by atoms with van der Waals surface area (Å²) in [7, 11) is 2.91. The molecule has 1 rings (SSSR count). The fourth-order valence-electron chi connectivity index (χ4n) is 2.52. The van der Waals surface area contributed by atoms with Crippen LogP contribution in [0.15, 0.2) is 18.2 Å². The molecule has 0 radical (unpaired) electrons. The van der Waals surface area contributed by atoms with E-state index in [9.17, 15) is 9.59 Å². The van der Waals surface area contributed by atoms with E-state index in [-0.39, 0.29) is 5.78 Å². The topological polar surface area (TPSA) is 61.8 Å². The molecule has 0 fully saturated rings. The number of ketones is 1. The number of Topliss-reactive ketones (excluding diaryl/α,β-unsaturated/α-hetero) is 1. The van der Waals surface area contributed by atoms with E-state index in [1.165, 1.54) is 14.0 Å². The maximum Gasteiger partial charge on any atom is 0.316 e. The molecule has 0 aromatic heterocycles. The maximum absolute atomic E-state index is 11.5. The third-order valence-corrected chi connectivity index (χ3v) is 4.31. The Kier molecular flexibility index (Phi) is 10.0. The number of ether oxygens (including phenoxy) is 3. The highest BCUT2D eigenvalue weighted by molar-refractivity contribution is 6.32. The van der Waals surface area contributed by atoms with E-state index in [4.69, 9.17) is 21.1 Å². The molecule has 1 unspecified atom stereocenters. The van der Waals surface area contributed by atoms with Gasteiger partial charge in [0.15, 0.2) is 0 Å². The van der Waals surface area contributed by atoms with Gasteiger partial charge in [-0.25, -0.2) is 0 Å². The Morgan fingerprint density at radius 1 is 1.08 bits per heavy atom. The first-order valence-electron chi connectivity index (χ1n) is 8.54. The predicted molar refractivity (Wildman–Crippen MR) is 97.4 cm³/mol. The van der Waals surface area contributed by atoms with Crippen LogP contribution in [0.4, 0.5) is 0 Å². The van der Waals surface area contributed by atoms with Crippen molar-refractivity contribution in [2.75, 3.05) is 20.8 Å². The standard InChI is InChI=1S/C19H27ClO5/c1-14(21)16(19(22)24-3)9-7-5-4-6-8-12-25-18-11-10-15(23-2)13-17(18)20/h10-11,13,16H,4-9,12H2,1-3H3. The van der Waals surface area contributed by atoms with Gasteiger partial charge in [0.05, 0.1) is 25.8 Å². The summed E-state index contributed by atoms with van der Waals surface area (Å²) in [6.07, 6.45) is 5.35. The first kappa shape index (κ1) is 21.3. The Morgan fingerprint density at radius 2 is 1.76 bits per heavy atom. The summed E-state index contributed by atoms with van der Waals surface area (Å²) in [4.78, 5) is 22.9. The van der Waals surface area contributed by atoms with E-state index in [1.807, 2.05) is 6.07 Å². The SMILES string of the molecule is COC(=O)C(CCCCCCCOc1ccc(OC)cc1Cl)C(C)=O. The van der Waals surface area contributed by atoms with Crippen LogP contribution in [0.2, 0.25) is 5.02 Å². The van der Waals surface area contributed by atoms with Crippen molar-refractivity contribution in [2.24, 2.45) is 5.92 Å². The number of esters is 1. The number of hydrogen-bond donors (Lipinski definition) is 0. The van der Waals surface area contributed by atoms with Crippen LogP contribution in [-0.2, 0) is 14.3 Å². The van der Waals surface area contributed by atoms with Crippen molar-refractivity contribution in [1.29, 1.82) is 0 Å². The summed E-state index contributed by atoms with van der Waals surface area (Å²) in [5, 5.41) is 0.539. The third-order valence-electron chi connectivity index (χ3n) is 4.01. The van der Waals surface area contributed by atoms with Gasteiger partial charge in [-0.05, 0) is 31.9 Å². The summed E-state index contributed by atoms with van der Waals surface area (Å²) in [5.74, 6) is 0.178. The molecule has 25 heavy (non-hydrogen) atoms. The largest absolute Gasteiger partial charge is 0.497 e. The molecule has 0 N–H and O–H groups in total. The van der Waals surface area contributed by atoms with E-state index in [2.05, 4.69) is 4.74 Å². The Hall–Kier alpha value is -1.75. The summed E-state index contributed by atoms with van der Waals surface area (Å²) in [6.45, 7) is 2.04. The van der Waals surface area contributed by atoms with Gasteiger partial charge in [-0.1, -0.05) is 37.3 Å². The lowest BCUT2D eigenvalue weighted by atomic mass is 9.97. The van der Waals surface area contributed by atoms with Crippen molar-refractivity contribution in [2.45, 2.75) is 45.4 Å². The van der Waals surface area contributed by atoms with Crippen molar-refractivity contribution >= 4 is 23.4 Å². The second kappa shape index (κ2) is 11.7. The monoisotopic (exact) mass is 370 g/mol. The minimum atomic E-state index is -0.620. The lowest BCUT2D eigenvalue weighted by Gasteiger charge is -2.11. The zero-order valence-electron chi connectivity index (χ0n) is 15.2. The van der Waals surface area contributed by atoms with Gasteiger partial charge in [-0.3, -0.25) is 9.59 Å². The molecular formula is C19H27ClO5. The van der Waals surface area contributed by atoms with Crippen LogP contribution in [0.5, 0.6) is 11.5 Å². The fraction of sp³-hybridized carbons (Fsp3) is 0.579. The number of rotatable bonds is 12. The van der Waals surface area contributed by atoms with Gasteiger partial charge in [0.2, 0.25) is 0 Å². The van der Waals surface area contributed by atoms with Gasteiger partial charge >= 0.3 is 5.97 Å². The molecule has 140 valence electrons. The van der Waals surface area contributed by atoms with Crippen molar-refractivity contribution in [3.8, 4) is 11.5 Å². The Bertz CT molecular complexity index is 559. The van der Waals surface area contributed by atoms with Crippen LogP contribution in [-0.4, -0.2) is 32.6 Å². The first-order chi connectivity index (χ1) is 12.0. The Balaban J connectivity index is 2.14. The van der Waals surface area contributed by atoms with Crippen molar-refractivity contribution in [3.63, 3.8) is 0 Å². The molecule has 1 atom stereocenters. The third kappa shape index (κ3) is 7.78. The molecule has 0 saturated heterocycles. The molecule has 1 aromatic carbocycles. The number of benzene rings is 1. The summed E-state index contributed by atoms with van der Waals surface area (Å²) in [5.41, 5.74) is 0. The Morgan fingerprint density at radius 3 is 2.36 bits per heavy atom. The molecule has 6 heteroatoms. The zero-order chi connectivity index (χ0) is 18.7. The van der Waals surface area contributed by atoms with Gasteiger partial charge in [-0.15, -0.1) is 0 Å². The minimum Gasteiger partial charge on any atom is -0.497 e. The fourth-order valence-corrected chi connectivity index (χ4v) is 2.74. The van der Waals surface area contributed by atoms with Crippen LogP contribution < -0.4 is 9.47 Å². The molecule has 0 amide bonds. The second-order valence-corrected chi connectivity index (χ2v) is 6.29. The van der Waals surface area contributed by atoms with Crippen molar-refractivity contribution in [1.82, 2.24) is 0 Å². The van der Waals surface area contributed by atoms with Crippen molar-refractivity contribution in [3.05, 3.63) is 23.2 Å². The number of unbranched alkanes of at least 4 members (excludes halogenated alkanes) is 4. The molecule has 1 aromatic rings. The number of carbonyl (C=O) groups is 2. The van der Waals surface area contributed by atoms with Crippen LogP contribution in [0.25, 0.3) is 0 Å².